The SMILES string of the molecule is COc1cc(C2c3cc4c(cc3C(NC(=O)NCCCCNCCCN)C3COC(=O)C23)OCO4)cc(OC)c1O. The van der Waals surface area contributed by atoms with Crippen LogP contribution in [0.5, 0.6) is 28.7 Å². The maximum atomic E-state index is 13.3. The smallest absolute Gasteiger partial charge is 0.315 e. The Bertz CT molecular complexity index is 1250. The number of ether oxygens (including phenoxy) is 5. The van der Waals surface area contributed by atoms with Gasteiger partial charge in [-0.25, -0.2) is 4.79 Å². The molecule has 1 fully saturated rings. The van der Waals surface area contributed by atoms with E-state index in [4.69, 9.17) is 29.4 Å². The van der Waals surface area contributed by atoms with E-state index >= 15 is 0 Å². The summed E-state index contributed by atoms with van der Waals surface area (Å²) in [6.45, 7) is 3.17. The number of methoxy groups -OCH3 is 2. The normalized spacial score (nSPS) is 22.0. The van der Waals surface area contributed by atoms with Gasteiger partial charge >= 0.3 is 12.0 Å². The minimum absolute atomic E-state index is 0.0817. The van der Waals surface area contributed by atoms with E-state index in [0.29, 0.717) is 30.2 Å². The van der Waals surface area contributed by atoms with Gasteiger partial charge < -0.3 is 50.5 Å². The zero-order chi connectivity index (χ0) is 28.9. The first-order valence-electron chi connectivity index (χ1n) is 14.0. The highest BCUT2D eigenvalue weighted by atomic mass is 16.7. The van der Waals surface area contributed by atoms with Crippen molar-refractivity contribution in [3.05, 3.63) is 41.0 Å². The molecule has 5 rings (SSSR count). The van der Waals surface area contributed by atoms with Crippen LogP contribution in [0.3, 0.4) is 0 Å². The van der Waals surface area contributed by atoms with Crippen molar-refractivity contribution < 1.29 is 38.4 Å². The first kappa shape index (κ1) is 28.6. The van der Waals surface area contributed by atoms with Crippen molar-refractivity contribution in [2.45, 2.75) is 31.2 Å². The minimum atomic E-state index is -0.605. The molecule has 2 heterocycles. The van der Waals surface area contributed by atoms with Crippen molar-refractivity contribution in [1.82, 2.24) is 16.0 Å². The molecular formula is C29H38N4O8. The number of esters is 1. The Morgan fingerprint density at radius 1 is 0.976 bits per heavy atom. The molecule has 3 aliphatic rings. The third-order valence-corrected chi connectivity index (χ3v) is 7.96. The average Bonchev–Trinajstić information content (AvgIpc) is 3.60. The highest BCUT2D eigenvalue weighted by Gasteiger charge is 2.53. The third-order valence-electron chi connectivity index (χ3n) is 7.96. The van der Waals surface area contributed by atoms with Crippen LogP contribution in [0.15, 0.2) is 24.3 Å². The molecule has 0 radical (unpaired) electrons. The molecule has 1 aliphatic carbocycles. The molecule has 4 atom stereocenters. The van der Waals surface area contributed by atoms with Gasteiger partial charge in [0.1, 0.15) is 0 Å². The number of benzene rings is 2. The van der Waals surface area contributed by atoms with E-state index in [9.17, 15) is 14.7 Å². The molecule has 2 aliphatic heterocycles. The number of unbranched alkanes of at least 4 members (excludes halogenated alkanes) is 1. The maximum Gasteiger partial charge on any atom is 0.315 e. The third kappa shape index (κ3) is 5.80. The van der Waals surface area contributed by atoms with Gasteiger partial charge in [0.05, 0.1) is 32.8 Å². The van der Waals surface area contributed by atoms with Gasteiger partial charge in [-0.3, -0.25) is 4.79 Å². The van der Waals surface area contributed by atoms with E-state index in [1.54, 1.807) is 12.1 Å². The van der Waals surface area contributed by atoms with Crippen LogP contribution >= 0.6 is 0 Å². The molecule has 12 nitrogen and oxygen atoms in total. The number of urea groups is 1. The summed E-state index contributed by atoms with van der Waals surface area (Å²) < 4.78 is 27.8. The van der Waals surface area contributed by atoms with Gasteiger partial charge in [0.15, 0.2) is 23.0 Å². The number of fused-ring (bicyclic) bond motifs is 3. The number of amides is 2. The molecular weight excluding hydrogens is 532 g/mol. The van der Waals surface area contributed by atoms with E-state index in [2.05, 4.69) is 16.0 Å². The lowest BCUT2D eigenvalue weighted by atomic mass is 9.65. The minimum Gasteiger partial charge on any atom is -0.502 e. The van der Waals surface area contributed by atoms with Gasteiger partial charge in [0, 0.05) is 18.4 Å². The Morgan fingerprint density at radius 2 is 1.63 bits per heavy atom. The summed E-state index contributed by atoms with van der Waals surface area (Å²) in [7, 11) is 2.91. The second-order valence-electron chi connectivity index (χ2n) is 10.4. The van der Waals surface area contributed by atoms with Crippen molar-refractivity contribution in [2.75, 3.05) is 53.8 Å². The quantitative estimate of drug-likeness (QED) is 0.189. The number of phenolic OH excluding ortho intramolecular Hbond substituents is 1. The lowest BCUT2D eigenvalue weighted by molar-refractivity contribution is -0.141. The van der Waals surface area contributed by atoms with Crippen LogP contribution in [0, 0.1) is 11.8 Å². The Hall–Kier alpha value is -3.90. The van der Waals surface area contributed by atoms with Crippen molar-refractivity contribution in [1.29, 1.82) is 0 Å². The molecule has 6 N–H and O–H groups in total. The summed E-state index contributed by atoms with van der Waals surface area (Å²) >= 11 is 0. The van der Waals surface area contributed by atoms with Crippen LogP contribution in [0.2, 0.25) is 0 Å². The van der Waals surface area contributed by atoms with Gasteiger partial charge in [-0.2, -0.15) is 0 Å². The van der Waals surface area contributed by atoms with Gasteiger partial charge in [0.2, 0.25) is 12.5 Å². The Balaban J connectivity index is 1.42. The fourth-order valence-corrected chi connectivity index (χ4v) is 5.96. The van der Waals surface area contributed by atoms with Crippen molar-refractivity contribution in [3.8, 4) is 28.7 Å². The monoisotopic (exact) mass is 570 g/mol. The van der Waals surface area contributed by atoms with Crippen molar-refractivity contribution in [2.24, 2.45) is 17.6 Å². The fraction of sp³-hybridized carbons (Fsp3) is 0.517. The molecule has 0 spiro atoms. The predicted octanol–water partition coefficient (Wildman–Crippen LogP) is 2.13. The molecule has 2 aromatic rings. The number of nitrogens with one attached hydrogen (secondary N) is 3. The summed E-state index contributed by atoms with van der Waals surface area (Å²) in [6, 6.07) is 6.30. The highest BCUT2D eigenvalue weighted by molar-refractivity contribution is 5.80. The first-order valence-corrected chi connectivity index (χ1v) is 14.0. The van der Waals surface area contributed by atoms with Crippen LogP contribution in [0.4, 0.5) is 4.79 Å². The molecule has 12 heteroatoms. The van der Waals surface area contributed by atoms with Crippen LogP contribution in [0.1, 0.15) is 47.9 Å². The number of carbonyl (C=O) groups is 2. The Kier molecular flexibility index (Phi) is 8.89. The topological polar surface area (TPSA) is 163 Å². The second kappa shape index (κ2) is 12.7. The summed E-state index contributed by atoms with van der Waals surface area (Å²) in [5.41, 5.74) is 7.81. The number of phenols is 1. The van der Waals surface area contributed by atoms with Crippen LogP contribution in [0.25, 0.3) is 0 Å². The van der Waals surface area contributed by atoms with Crippen LogP contribution in [-0.4, -0.2) is 70.9 Å². The zero-order valence-corrected chi connectivity index (χ0v) is 23.4. The largest absolute Gasteiger partial charge is 0.502 e. The summed E-state index contributed by atoms with van der Waals surface area (Å²) in [4.78, 5) is 26.3. The standard InChI is InChI=1S/C29H38N4O8/c1-37-22-10-16(11-23(38-2)27(22)34)24-17-12-20-21(41-15-40-20)13-18(17)26(19-14-39-28(35)25(19)24)33-29(36)32-9-4-3-7-31-8-5-6-30/h10-13,19,24-26,31,34H,3-9,14-15,30H2,1-2H3,(H2,32,33,36). The van der Waals surface area contributed by atoms with Crippen molar-refractivity contribution in [3.63, 3.8) is 0 Å². The van der Waals surface area contributed by atoms with E-state index in [-0.39, 0.29) is 48.6 Å². The Labute approximate surface area is 238 Å². The number of nitrogens with two attached hydrogens (primary N) is 1. The van der Waals surface area contributed by atoms with E-state index in [0.717, 1.165) is 43.5 Å². The summed E-state index contributed by atoms with van der Waals surface area (Å²) in [6.07, 6.45) is 2.69. The molecule has 0 bridgehead atoms. The number of hydrogen-bond acceptors (Lipinski definition) is 10. The average molecular weight is 571 g/mol. The van der Waals surface area contributed by atoms with Gasteiger partial charge in [0.25, 0.3) is 0 Å². The number of rotatable bonds is 12. The number of cyclic esters (lactones) is 1. The lowest BCUT2D eigenvalue weighted by Gasteiger charge is -2.39. The van der Waals surface area contributed by atoms with Crippen molar-refractivity contribution >= 4 is 12.0 Å². The number of carbonyl (C=O) groups excluding carboxylic acids is 2. The molecule has 2 amide bonds. The van der Waals surface area contributed by atoms with Gasteiger partial charge in [-0.15, -0.1) is 0 Å². The fourth-order valence-electron chi connectivity index (χ4n) is 5.96. The van der Waals surface area contributed by atoms with E-state index in [1.807, 2.05) is 12.1 Å². The lowest BCUT2D eigenvalue weighted by Crippen LogP contribution is -2.46. The van der Waals surface area contributed by atoms with Gasteiger partial charge in [-0.05, 0) is 79.9 Å². The molecule has 1 saturated heterocycles. The molecule has 4 unspecified atom stereocenters. The number of hydrogen-bond donors (Lipinski definition) is 5. The molecule has 2 aromatic carbocycles. The van der Waals surface area contributed by atoms with Crippen LogP contribution < -0.4 is 40.6 Å². The molecule has 0 aromatic heterocycles. The predicted molar refractivity (Wildman–Crippen MR) is 149 cm³/mol. The number of aromatic hydroxyl groups is 1. The first-order chi connectivity index (χ1) is 20.0. The van der Waals surface area contributed by atoms with E-state index in [1.165, 1.54) is 14.2 Å². The van der Waals surface area contributed by atoms with Crippen LogP contribution in [-0.2, 0) is 9.53 Å². The van der Waals surface area contributed by atoms with Gasteiger partial charge in [-0.1, -0.05) is 0 Å². The molecule has 41 heavy (non-hydrogen) atoms. The molecule has 222 valence electrons. The zero-order valence-electron chi connectivity index (χ0n) is 23.4. The maximum absolute atomic E-state index is 13.3. The summed E-state index contributed by atoms with van der Waals surface area (Å²) in [5, 5.41) is 19.9. The highest BCUT2D eigenvalue weighted by Crippen LogP contribution is 2.55. The summed E-state index contributed by atoms with van der Waals surface area (Å²) in [5.74, 6) is -0.345. The second-order valence-corrected chi connectivity index (χ2v) is 10.4. The van der Waals surface area contributed by atoms with E-state index < -0.39 is 17.9 Å². The molecule has 0 saturated carbocycles. The Morgan fingerprint density at radius 3 is 2.32 bits per heavy atom.